The van der Waals surface area contributed by atoms with Gasteiger partial charge in [0.05, 0.1) is 0 Å². The Morgan fingerprint density at radius 3 is 2.42 bits per heavy atom. The Kier molecular flexibility index (Phi) is 9.73. The van der Waals surface area contributed by atoms with E-state index in [1.54, 1.807) is 43.3 Å². The smallest absolute Gasteiger partial charge is 0.387 e. The standard InChI is InChI=1S/C30H31F4N5O4/c1-16-11-26(40)37-21-8-10-23(43-30(33)34)19(12-21)14-39(2)29(41)27(38-20-6-3-17(4-7-20)28(35)36)18-5-9-24(22(16)13-18)42-15-25(31)32/h3-10,12-13,16,25,27,30,38H,11,14-15H2,1-2H3,(H3,35,36)(H,37,40)/t16-,27-/m1/s1. The van der Waals surface area contributed by atoms with E-state index < -0.39 is 43.4 Å². The number of rotatable bonds is 8. The van der Waals surface area contributed by atoms with Crippen molar-refractivity contribution in [3.63, 3.8) is 0 Å². The van der Waals surface area contributed by atoms with Crippen molar-refractivity contribution in [1.82, 2.24) is 4.90 Å². The number of halogens is 4. The van der Waals surface area contributed by atoms with Gasteiger partial charge in [0, 0.05) is 42.5 Å². The quantitative estimate of drug-likeness (QED) is 0.154. The summed E-state index contributed by atoms with van der Waals surface area (Å²) in [4.78, 5) is 28.3. The number of alkyl halides is 4. The molecule has 0 fully saturated rings. The summed E-state index contributed by atoms with van der Waals surface area (Å²) in [5.74, 6) is -1.53. The van der Waals surface area contributed by atoms with Gasteiger partial charge in [-0.05, 0) is 71.6 Å². The monoisotopic (exact) mass is 601 g/mol. The second kappa shape index (κ2) is 13.4. The molecule has 1 aliphatic heterocycles. The third-order valence-electron chi connectivity index (χ3n) is 6.85. The molecule has 1 heterocycles. The van der Waals surface area contributed by atoms with E-state index in [1.807, 2.05) is 0 Å². The number of ether oxygens (including phenoxy) is 2. The minimum Gasteiger partial charge on any atom is -0.487 e. The summed E-state index contributed by atoms with van der Waals surface area (Å²) in [5, 5.41) is 13.5. The molecule has 0 spiro atoms. The van der Waals surface area contributed by atoms with Crippen molar-refractivity contribution in [1.29, 1.82) is 5.41 Å². The van der Waals surface area contributed by atoms with Crippen molar-refractivity contribution >= 4 is 29.0 Å². The molecule has 0 saturated heterocycles. The molecule has 0 aromatic heterocycles. The normalized spacial score (nSPS) is 17.3. The van der Waals surface area contributed by atoms with Crippen LogP contribution in [-0.4, -0.2) is 49.2 Å². The number of amides is 2. The molecule has 0 aliphatic carbocycles. The molecule has 0 unspecified atom stereocenters. The van der Waals surface area contributed by atoms with E-state index in [2.05, 4.69) is 15.4 Å². The number of nitrogen functional groups attached to an aromatic ring is 1. The highest BCUT2D eigenvalue weighted by atomic mass is 19.3. The van der Waals surface area contributed by atoms with Crippen molar-refractivity contribution in [3.05, 3.63) is 82.9 Å². The number of amidine groups is 1. The molecule has 4 bridgehead atoms. The van der Waals surface area contributed by atoms with Crippen LogP contribution in [-0.2, 0) is 16.1 Å². The van der Waals surface area contributed by atoms with Gasteiger partial charge in [0.1, 0.15) is 30.0 Å². The van der Waals surface area contributed by atoms with Gasteiger partial charge in [-0.15, -0.1) is 0 Å². The molecule has 9 nitrogen and oxygen atoms in total. The van der Waals surface area contributed by atoms with E-state index in [0.717, 1.165) is 0 Å². The van der Waals surface area contributed by atoms with Gasteiger partial charge < -0.3 is 30.7 Å². The van der Waals surface area contributed by atoms with Crippen molar-refractivity contribution in [3.8, 4) is 11.5 Å². The molecule has 2 amide bonds. The van der Waals surface area contributed by atoms with Crippen LogP contribution in [0.2, 0.25) is 0 Å². The van der Waals surface area contributed by atoms with Crippen LogP contribution < -0.4 is 25.8 Å². The molecule has 4 rings (SSSR count). The van der Waals surface area contributed by atoms with Gasteiger partial charge in [-0.1, -0.05) is 13.0 Å². The molecule has 0 radical (unpaired) electrons. The van der Waals surface area contributed by atoms with Crippen LogP contribution in [0.1, 0.15) is 47.6 Å². The fourth-order valence-corrected chi connectivity index (χ4v) is 4.76. The third-order valence-corrected chi connectivity index (χ3v) is 6.85. The lowest BCUT2D eigenvalue weighted by atomic mass is 9.92. The van der Waals surface area contributed by atoms with Gasteiger partial charge in [0.15, 0.2) is 0 Å². The summed E-state index contributed by atoms with van der Waals surface area (Å²) < 4.78 is 62.4. The molecule has 1 aliphatic rings. The van der Waals surface area contributed by atoms with Crippen molar-refractivity contribution < 1.29 is 36.6 Å². The number of benzene rings is 3. The first-order valence-electron chi connectivity index (χ1n) is 13.3. The molecule has 43 heavy (non-hydrogen) atoms. The Bertz CT molecular complexity index is 1490. The first kappa shape index (κ1) is 31.1. The SMILES string of the molecule is C[C@@H]1CC(=O)Nc2ccc(OC(F)F)c(c2)CN(C)C(=O)[C@H](Nc2ccc(C(=N)N)cc2)c2ccc(OCC(F)F)c1c2. The Balaban J connectivity index is 1.81. The molecule has 2 atom stereocenters. The van der Waals surface area contributed by atoms with Gasteiger partial charge in [-0.2, -0.15) is 8.78 Å². The van der Waals surface area contributed by atoms with Crippen LogP contribution in [0.15, 0.2) is 60.7 Å². The van der Waals surface area contributed by atoms with E-state index >= 15 is 0 Å². The van der Waals surface area contributed by atoms with Gasteiger partial charge >= 0.3 is 6.61 Å². The maximum atomic E-state index is 14.0. The number of fused-ring (bicyclic) bond motifs is 4. The van der Waals surface area contributed by atoms with Gasteiger partial charge in [-0.25, -0.2) is 8.78 Å². The van der Waals surface area contributed by atoms with Crippen LogP contribution >= 0.6 is 0 Å². The summed E-state index contributed by atoms with van der Waals surface area (Å²) in [6, 6.07) is 14.3. The summed E-state index contributed by atoms with van der Waals surface area (Å²) in [6.07, 6.45) is -2.80. The molecule has 3 aromatic rings. The minimum atomic E-state index is -3.11. The predicted molar refractivity (Wildman–Crippen MR) is 153 cm³/mol. The maximum absolute atomic E-state index is 14.0. The largest absolute Gasteiger partial charge is 0.487 e. The lowest BCUT2D eigenvalue weighted by Gasteiger charge is -2.28. The average Bonchev–Trinajstić information content (AvgIpc) is 2.95. The number of nitrogens with zero attached hydrogens (tertiary/aromatic N) is 1. The zero-order valence-electron chi connectivity index (χ0n) is 23.4. The number of anilines is 2. The zero-order chi connectivity index (χ0) is 31.3. The Labute approximate surface area is 245 Å². The maximum Gasteiger partial charge on any atom is 0.387 e. The number of hydrogen-bond acceptors (Lipinski definition) is 6. The molecule has 3 aromatic carbocycles. The van der Waals surface area contributed by atoms with Crippen molar-refractivity contribution in [2.24, 2.45) is 5.73 Å². The Morgan fingerprint density at radius 1 is 1.07 bits per heavy atom. The summed E-state index contributed by atoms with van der Waals surface area (Å²) >= 11 is 0. The van der Waals surface area contributed by atoms with Crippen LogP contribution in [0, 0.1) is 5.41 Å². The number of hydrogen-bond donors (Lipinski definition) is 4. The highest BCUT2D eigenvalue weighted by Gasteiger charge is 2.28. The molecule has 5 N–H and O–H groups in total. The topological polar surface area (TPSA) is 130 Å². The van der Waals surface area contributed by atoms with E-state index in [0.29, 0.717) is 28.1 Å². The first-order chi connectivity index (χ1) is 20.4. The Morgan fingerprint density at radius 2 is 1.77 bits per heavy atom. The van der Waals surface area contributed by atoms with Crippen LogP contribution in [0.3, 0.4) is 0 Å². The number of nitrogens with one attached hydrogen (secondary N) is 3. The Hall–Kier alpha value is -4.81. The predicted octanol–water partition coefficient (Wildman–Crippen LogP) is 5.47. The molecule has 13 heteroatoms. The lowest BCUT2D eigenvalue weighted by Crippen LogP contribution is -2.35. The van der Waals surface area contributed by atoms with Crippen LogP contribution in [0.5, 0.6) is 11.5 Å². The van der Waals surface area contributed by atoms with E-state index in [4.69, 9.17) is 15.9 Å². The van der Waals surface area contributed by atoms with E-state index in [1.165, 1.54) is 36.2 Å². The van der Waals surface area contributed by atoms with E-state index in [-0.39, 0.29) is 35.9 Å². The summed E-state index contributed by atoms with van der Waals surface area (Å²) in [5.41, 5.74) is 7.96. The highest BCUT2D eigenvalue weighted by molar-refractivity contribution is 5.95. The van der Waals surface area contributed by atoms with Gasteiger partial charge in [0.2, 0.25) is 11.8 Å². The second-order valence-electron chi connectivity index (χ2n) is 10.1. The fourth-order valence-electron chi connectivity index (χ4n) is 4.76. The van der Waals surface area contributed by atoms with E-state index in [9.17, 15) is 27.2 Å². The summed E-state index contributed by atoms with van der Waals surface area (Å²) in [6.45, 7) is -2.39. The summed E-state index contributed by atoms with van der Waals surface area (Å²) in [7, 11) is 1.49. The third kappa shape index (κ3) is 7.93. The number of nitrogens with two attached hydrogens (primary N) is 1. The fraction of sp³-hybridized carbons (Fsp3) is 0.300. The average molecular weight is 602 g/mol. The van der Waals surface area contributed by atoms with Crippen LogP contribution in [0.25, 0.3) is 0 Å². The zero-order valence-corrected chi connectivity index (χ0v) is 23.4. The molecular weight excluding hydrogens is 570 g/mol. The van der Waals surface area contributed by atoms with Gasteiger partial charge in [-0.3, -0.25) is 15.0 Å². The number of carbonyl (C=O) groups is 2. The van der Waals surface area contributed by atoms with Crippen molar-refractivity contribution in [2.75, 3.05) is 24.3 Å². The first-order valence-corrected chi connectivity index (χ1v) is 13.3. The lowest BCUT2D eigenvalue weighted by molar-refractivity contribution is -0.131. The number of carbonyl (C=O) groups excluding carboxylic acids is 2. The second-order valence-corrected chi connectivity index (χ2v) is 10.1. The number of likely N-dealkylation sites (N-methyl/N-ethyl adjacent to an activating group) is 1. The molecule has 0 saturated carbocycles. The molecule has 228 valence electrons. The van der Waals surface area contributed by atoms with Crippen LogP contribution in [0.4, 0.5) is 28.9 Å². The highest BCUT2D eigenvalue weighted by Crippen LogP contribution is 2.35. The molecular formula is C30H31F4N5O4. The minimum absolute atomic E-state index is 0.0719. The van der Waals surface area contributed by atoms with Gasteiger partial charge in [0.25, 0.3) is 6.43 Å². The van der Waals surface area contributed by atoms with Crippen molar-refractivity contribution in [2.45, 2.75) is 44.9 Å².